The zero-order chi connectivity index (χ0) is 15.0. The second kappa shape index (κ2) is 8.40. The molecule has 5 nitrogen and oxygen atoms in total. The highest BCUT2D eigenvalue weighted by molar-refractivity contribution is 5.93. The molecule has 0 aliphatic carbocycles. The molecule has 0 atom stereocenters. The number of methoxy groups -OCH3 is 2. The predicted molar refractivity (Wildman–Crippen MR) is 79.3 cm³/mol. The van der Waals surface area contributed by atoms with Gasteiger partial charge in [0, 0.05) is 12.0 Å². The van der Waals surface area contributed by atoms with Gasteiger partial charge in [0.25, 0.3) is 0 Å². The monoisotopic (exact) mass is 280 g/mol. The van der Waals surface area contributed by atoms with E-state index in [1.165, 1.54) is 7.11 Å². The Bertz CT molecular complexity index is 429. The van der Waals surface area contributed by atoms with Gasteiger partial charge in [-0.15, -0.1) is 0 Å². The highest BCUT2D eigenvalue weighted by Gasteiger charge is 2.18. The Morgan fingerprint density at radius 1 is 1.20 bits per heavy atom. The van der Waals surface area contributed by atoms with Crippen LogP contribution in [0.4, 0.5) is 5.69 Å². The van der Waals surface area contributed by atoms with Gasteiger partial charge in [-0.3, -0.25) is 4.79 Å². The number of ether oxygens (including phenoxy) is 2. The van der Waals surface area contributed by atoms with Crippen LogP contribution in [0.3, 0.4) is 0 Å². The Kier molecular flexibility index (Phi) is 6.84. The fourth-order valence-corrected chi connectivity index (χ4v) is 2.13. The minimum Gasteiger partial charge on any atom is -0.481 e. The van der Waals surface area contributed by atoms with E-state index in [0.29, 0.717) is 17.4 Å². The highest BCUT2D eigenvalue weighted by atomic mass is 16.5. The molecule has 0 saturated heterocycles. The summed E-state index contributed by atoms with van der Waals surface area (Å²) in [5.41, 5.74) is 0.579. The summed E-state index contributed by atoms with van der Waals surface area (Å²) in [7, 11) is 3.06. The number of carbonyl (C=O) groups is 1. The molecule has 1 aromatic heterocycles. The van der Waals surface area contributed by atoms with Gasteiger partial charge in [-0.25, -0.2) is 0 Å². The van der Waals surface area contributed by atoms with Crippen LogP contribution < -0.4 is 14.8 Å². The number of aromatic nitrogens is 1. The third kappa shape index (κ3) is 4.40. The lowest BCUT2D eigenvalue weighted by molar-refractivity contribution is -0.120. The van der Waals surface area contributed by atoms with Gasteiger partial charge in [0.15, 0.2) is 0 Å². The number of rotatable bonds is 8. The Morgan fingerprint density at radius 2 is 1.85 bits per heavy atom. The molecular weight excluding hydrogens is 256 g/mol. The number of pyridine rings is 1. The van der Waals surface area contributed by atoms with E-state index in [2.05, 4.69) is 24.1 Å². The van der Waals surface area contributed by atoms with Crippen LogP contribution in [0.2, 0.25) is 0 Å². The molecule has 20 heavy (non-hydrogen) atoms. The number of carbonyl (C=O) groups excluding carboxylic acids is 1. The quantitative estimate of drug-likeness (QED) is 0.794. The van der Waals surface area contributed by atoms with Crippen molar-refractivity contribution in [2.45, 2.75) is 39.5 Å². The second-order valence-electron chi connectivity index (χ2n) is 4.67. The van der Waals surface area contributed by atoms with E-state index < -0.39 is 0 Å². The van der Waals surface area contributed by atoms with E-state index in [1.54, 1.807) is 19.2 Å². The van der Waals surface area contributed by atoms with Gasteiger partial charge in [-0.05, 0) is 18.9 Å². The minimum atomic E-state index is 0.0268. The molecule has 0 saturated carbocycles. The maximum absolute atomic E-state index is 12.3. The molecule has 0 fully saturated rings. The molecular formula is C15H24N2O3. The van der Waals surface area contributed by atoms with Crippen LogP contribution in [0.25, 0.3) is 0 Å². The smallest absolute Gasteiger partial charge is 0.240 e. The summed E-state index contributed by atoms with van der Waals surface area (Å²) in [6, 6.07) is 3.45. The SMILES string of the molecule is CCCC(CCC)C(=O)Nc1ccc(OC)nc1OC. The van der Waals surface area contributed by atoms with Crippen LogP contribution in [0.5, 0.6) is 11.8 Å². The number of amides is 1. The van der Waals surface area contributed by atoms with Crippen molar-refractivity contribution in [3.05, 3.63) is 12.1 Å². The van der Waals surface area contributed by atoms with Gasteiger partial charge in [-0.2, -0.15) is 4.98 Å². The fourth-order valence-electron chi connectivity index (χ4n) is 2.13. The summed E-state index contributed by atoms with van der Waals surface area (Å²) < 4.78 is 10.2. The molecule has 0 spiro atoms. The molecule has 1 amide bonds. The average Bonchev–Trinajstić information content (AvgIpc) is 2.47. The summed E-state index contributed by atoms with van der Waals surface area (Å²) in [4.78, 5) is 16.4. The molecule has 0 aliphatic heterocycles. The molecule has 0 bridgehead atoms. The van der Waals surface area contributed by atoms with Crippen LogP contribution in [0, 0.1) is 5.92 Å². The molecule has 1 heterocycles. The Labute approximate surface area is 120 Å². The standard InChI is InChI=1S/C15H24N2O3/c1-5-7-11(8-6-2)14(18)16-12-9-10-13(19-3)17-15(12)20-4/h9-11H,5-8H2,1-4H3,(H,16,18). The average molecular weight is 280 g/mol. The number of anilines is 1. The van der Waals surface area contributed by atoms with Crippen molar-refractivity contribution in [1.29, 1.82) is 0 Å². The van der Waals surface area contributed by atoms with Gasteiger partial charge in [0.2, 0.25) is 17.7 Å². The largest absolute Gasteiger partial charge is 0.481 e. The normalized spacial score (nSPS) is 10.4. The lowest BCUT2D eigenvalue weighted by Gasteiger charge is -2.16. The molecule has 112 valence electrons. The first kappa shape index (κ1) is 16.3. The maximum atomic E-state index is 12.3. The molecule has 1 rings (SSSR count). The lowest BCUT2D eigenvalue weighted by atomic mass is 9.97. The second-order valence-corrected chi connectivity index (χ2v) is 4.67. The highest BCUT2D eigenvalue weighted by Crippen LogP contribution is 2.26. The van der Waals surface area contributed by atoms with Crippen LogP contribution in [0.15, 0.2) is 12.1 Å². The van der Waals surface area contributed by atoms with Gasteiger partial charge in [-0.1, -0.05) is 26.7 Å². The predicted octanol–water partition coefficient (Wildman–Crippen LogP) is 3.25. The summed E-state index contributed by atoms with van der Waals surface area (Å²) in [5.74, 6) is 0.888. The molecule has 0 aliphatic rings. The third-order valence-corrected chi connectivity index (χ3v) is 3.14. The number of hydrogen-bond acceptors (Lipinski definition) is 4. The Balaban J connectivity index is 2.82. The van der Waals surface area contributed by atoms with Crippen molar-refractivity contribution in [1.82, 2.24) is 4.98 Å². The molecule has 1 aromatic rings. The molecule has 1 N–H and O–H groups in total. The molecule has 5 heteroatoms. The van der Waals surface area contributed by atoms with E-state index in [4.69, 9.17) is 9.47 Å². The minimum absolute atomic E-state index is 0.0268. The topological polar surface area (TPSA) is 60.5 Å². The van der Waals surface area contributed by atoms with Crippen molar-refractivity contribution >= 4 is 11.6 Å². The molecule has 0 radical (unpaired) electrons. The zero-order valence-electron chi connectivity index (χ0n) is 12.7. The van der Waals surface area contributed by atoms with E-state index in [9.17, 15) is 4.79 Å². The zero-order valence-corrected chi connectivity index (χ0v) is 12.7. The van der Waals surface area contributed by atoms with E-state index in [-0.39, 0.29) is 11.8 Å². The van der Waals surface area contributed by atoms with Crippen LogP contribution >= 0.6 is 0 Å². The number of hydrogen-bond donors (Lipinski definition) is 1. The van der Waals surface area contributed by atoms with E-state index in [1.807, 2.05) is 0 Å². The number of nitrogens with zero attached hydrogens (tertiary/aromatic N) is 1. The maximum Gasteiger partial charge on any atom is 0.240 e. The van der Waals surface area contributed by atoms with Crippen LogP contribution in [-0.2, 0) is 4.79 Å². The summed E-state index contributed by atoms with van der Waals surface area (Å²) in [5, 5.41) is 2.90. The summed E-state index contributed by atoms with van der Waals surface area (Å²) in [6.45, 7) is 4.18. The molecule has 0 unspecified atom stereocenters. The van der Waals surface area contributed by atoms with Gasteiger partial charge < -0.3 is 14.8 Å². The Morgan fingerprint density at radius 3 is 2.35 bits per heavy atom. The van der Waals surface area contributed by atoms with Gasteiger partial charge >= 0.3 is 0 Å². The van der Waals surface area contributed by atoms with Crippen molar-refractivity contribution < 1.29 is 14.3 Å². The Hall–Kier alpha value is -1.78. The van der Waals surface area contributed by atoms with Crippen LogP contribution in [-0.4, -0.2) is 25.1 Å². The lowest BCUT2D eigenvalue weighted by Crippen LogP contribution is -2.23. The first-order chi connectivity index (χ1) is 9.65. The van der Waals surface area contributed by atoms with Crippen molar-refractivity contribution in [3.8, 4) is 11.8 Å². The fraction of sp³-hybridized carbons (Fsp3) is 0.600. The third-order valence-electron chi connectivity index (χ3n) is 3.14. The van der Waals surface area contributed by atoms with Crippen LogP contribution in [0.1, 0.15) is 39.5 Å². The van der Waals surface area contributed by atoms with Gasteiger partial charge in [0.05, 0.1) is 14.2 Å². The van der Waals surface area contributed by atoms with Crippen molar-refractivity contribution in [2.24, 2.45) is 5.92 Å². The summed E-state index contributed by atoms with van der Waals surface area (Å²) >= 11 is 0. The van der Waals surface area contributed by atoms with E-state index in [0.717, 1.165) is 25.7 Å². The first-order valence-corrected chi connectivity index (χ1v) is 7.06. The van der Waals surface area contributed by atoms with Crippen molar-refractivity contribution in [3.63, 3.8) is 0 Å². The van der Waals surface area contributed by atoms with E-state index >= 15 is 0 Å². The van der Waals surface area contributed by atoms with Crippen molar-refractivity contribution in [2.75, 3.05) is 19.5 Å². The summed E-state index contributed by atoms with van der Waals surface area (Å²) in [6.07, 6.45) is 3.78. The first-order valence-electron chi connectivity index (χ1n) is 7.06. The van der Waals surface area contributed by atoms with Gasteiger partial charge in [0.1, 0.15) is 5.69 Å². The molecule has 0 aromatic carbocycles. The number of nitrogens with one attached hydrogen (secondary N) is 1.